The van der Waals surface area contributed by atoms with Crippen LogP contribution in [0.25, 0.3) is 0 Å². The minimum Gasteiger partial charge on any atom is -0.312 e. The third kappa shape index (κ3) is 1.17. The molecule has 74 valence electrons. The van der Waals surface area contributed by atoms with Crippen molar-refractivity contribution < 1.29 is 1.37 Å². The summed E-state index contributed by atoms with van der Waals surface area (Å²) in [5.41, 5.74) is 2.43. The van der Waals surface area contributed by atoms with Crippen molar-refractivity contribution in [2.45, 2.75) is 23.7 Å². The first-order valence-electron chi connectivity index (χ1n) is 5.31. The maximum atomic E-state index is 7.93. The van der Waals surface area contributed by atoms with Gasteiger partial charge in [0.25, 0.3) is 0 Å². The molecule has 0 amide bonds. The molecule has 14 heavy (non-hydrogen) atoms. The van der Waals surface area contributed by atoms with Crippen LogP contribution in [0, 0.1) is 0 Å². The Morgan fingerprint density at radius 3 is 3.14 bits per heavy atom. The van der Waals surface area contributed by atoms with E-state index in [1.807, 2.05) is 12.1 Å². The molecule has 0 aromatic heterocycles. The highest BCUT2D eigenvalue weighted by molar-refractivity contribution is 9.10. The minimum absolute atomic E-state index is 0.0955. The summed E-state index contributed by atoms with van der Waals surface area (Å²) in [6.07, 6.45) is 1.03. The van der Waals surface area contributed by atoms with E-state index in [-0.39, 0.29) is 17.3 Å². The lowest BCUT2D eigenvalue weighted by Crippen LogP contribution is -2.35. The van der Waals surface area contributed by atoms with Gasteiger partial charge in [0.1, 0.15) is 0 Å². The SMILES string of the molecule is [2H]C1NC[C@]2(C[C@@H]2Cl)c2cc(Br)ccc21. The van der Waals surface area contributed by atoms with E-state index in [0.717, 1.165) is 23.0 Å². The van der Waals surface area contributed by atoms with Crippen LogP contribution in [0.4, 0.5) is 0 Å². The third-order valence-electron chi connectivity index (χ3n) is 3.21. The summed E-state index contributed by atoms with van der Waals surface area (Å²) in [5, 5.41) is 3.44. The van der Waals surface area contributed by atoms with E-state index < -0.39 is 0 Å². The Labute approximate surface area is 98.4 Å². The molecular weight excluding hydrogens is 261 g/mol. The fourth-order valence-electron chi connectivity index (χ4n) is 2.25. The van der Waals surface area contributed by atoms with Crippen LogP contribution in [-0.2, 0) is 11.9 Å². The van der Waals surface area contributed by atoms with Crippen LogP contribution in [0.3, 0.4) is 0 Å². The largest absolute Gasteiger partial charge is 0.312 e. The molecule has 0 radical (unpaired) electrons. The second kappa shape index (κ2) is 2.97. The van der Waals surface area contributed by atoms with E-state index >= 15 is 0 Å². The van der Waals surface area contributed by atoms with Crippen molar-refractivity contribution in [1.29, 1.82) is 0 Å². The Kier molecular flexibility index (Phi) is 1.73. The summed E-state index contributed by atoms with van der Waals surface area (Å²) in [6, 6.07) is 6.14. The Morgan fingerprint density at radius 2 is 2.43 bits per heavy atom. The molecule has 1 fully saturated rings. The zero-order valence-corrected chi connectivity index (χ0v) is 9.90. The van der Waals surface area contributed by atoms with Crippen LogP contribution >= 0.6 is 27.5 Å². The van der Waals surface area contributed by atoms with Crippen LogP contribution < -0.4 is 5.32 Å². The number of alkyl halides is 1. The summed E-state index contributed by atoms with van der Waals surface area (Å²) in [7, 11) is 0. The van der Waals surface area contributed by atoms with Gasteiger partial charge in [-0.1, -0.05) is 22.0 Å². The van der Waals surface area contributed by atoms with Gasteiger partial charge < -0.3 is 5.32 Å². The Hall–Kier alpha value is -0.0500. The van der Waals surface area contributed by atoms with Crippen molar-refractivity contribution in [3.8, 4) is 0 Å². The zero-order chi connectivity index (χ0) is 10.6. The second-order valence-corrected chi connectivity index (χ2v) is 5.53. The molecule has 2 aliphatic rings. The van der Waals surface area contributed by atoms with Gasteiger partial charge in [0.05, 0.1) is 0 Å². The highest BCUT2D eigenvalue weighted by Crippen LogP contribution is 2.54. The zero-order valence-electron chi connectivity index (χ0n) is 8.56. The molecule has 1 nitrogen and oxygen atoms in total. The van der Waals surface area contributed by atoms with Gasteiger partial charge in [-0.25, -0.2) is 0 Å². The molecule has 1 heterocycles. The van der Waals surface area contributed by atoms with Gasteiger partial charge in [0, 0.05) is 29.7 Å². The van der Waals surface area contributed by atoms with E-state index in [1.54, 1.807) is 0 Å². The van der Waals surface area contributed by atoms with Gasteiger partial charge in [-0.05, 0) is 29.7 Å². The summed E-state index contributed by atoms with van der Waals surface area (Å²) in [5.74, 6) is 0. The number of nitrogens with one attached hydrogen (secondary N) is 1. The highest BCUT2D eigenvalue weighted by Gasteiger charge is 2.56. The van der Waals surface area contributed by atoms with E-state index in [0.29, 0.717) is 0 Å². The van der Waals surface area contributed by atoms with Crippen molar-refractivity contribution >= 4 is 27.5 Å². The summed E-state index contributed by atoms with van der Waals surface area (Å²) in [6.45, 7) is 0.530. The van der Waals surface area contributed by atoms with Crippen molar-refractivity contribution in [2.24, 2.45) is 0 Å². The molecule has 1 N–H and O–H groups in total. The number of halogens is 2. The summed E-state index contributed by atoms with van der Waals surface area (Å²) < 4.78 is 9.00. The first-order valence-corrected chi connectivity index (χ1v) is 5.96. The van der Waals surface area contributed by atoms with Crippen LogP contribution in [0.1, 0.15) is 18.9 Å². The quantitative estimate of drug-likeness (QED) is 0.717. The van der Waals surface area contributed by atoms with E-state index in [4.69, 9.17) is 13.0 Å². The fraction of sp³-hybridized carbons (Fsp3) is 0.455. The van der Waals surface area contributed by atoms with Crippen molar-refractivity contribution in [3.63, 3.8) is 0 Å². The number of hydrogen-bond acceptors (Lipinski definition) is 1. The normalized spacial score (nSPS) is 40.6. The van der Waals surface area contributed by atoms with Gasteiger partial charge in [-0.15, -0.1) is 11.6 Å². The molecule has 3 heteroatoms. The minimum atomic E-state index is -0.303. The molecule has 1 aromatic rings. The van der Waals surface area contributed by atoms with Crippen LogP contribution in [0.5, 0.6) is 0 Å². The van der Waals surface area contributed by atoms with E-state index in [1.165, 1.54) is 5.56 Å². The molecule has 3 rings (SSSR count). The monoisotopic (exact) mass is 272 g/mol. The molecule has 1 aliphatic carbocycles. The molecule has 1 aliphatic heterocycles. The molecule has 1 unspecified atom stereocenters. The maximum absolute atomic E-state index is 7.93. The summed E-state index contributed by atoms with van der Waals surface area (Å²) >= 11 is 9.72. The lowest BCUT2D eigenvalue weighted by Gasteiger charge is -2.26. The topological polar surface area (TPSA) is 12.0 Å². The first kappa shape index (κ1) is 8.14. The van der Waals surface area contributed by atoms with Crippen LogP contribution in [0.15, 0.2) is 22.7 Å². The third-order valence-corrected chi connectivity index (χ3v) is 4.28. The van der Waals surface area contributed by atoms with Crippen LogP contribution in [0.2, 0.25) is 0 Å². The predicted octanol–water partition coefficient (Wildman–Crippen LogP) is 2.80. The van der Waals surface area contributed by atoms with Crippen LogP contribution in [-0.4, -0.2) is 11.9 Å². The van der Waals surface area contributed by atoms with Crippen molar-refractivity contribution in [2.75, 3.05) is 6.54 Å². The average Bonchev–Trinajstić information content (AvgIpc) is 2.85. The first-order chi connectivity index (χ1) is 7.13. The van der Waals surface area contributed by atoms with E-state index in [2.05, 4.69) is 27.3 Å². The molecule has 0 bridgehead atoms. The number of rotatable bonds is 0. The molecule has 1 saturated carbocycles. The smallest absolute Gasteiger partial charge is 0.0479 e. The Balaban J connectivity index is 2.16. The van der Waals surface area contributed by atoms with E-state index in [9.17, 15) is 0 Å². The summed E-state index contributed by atoms with van der Waals surface area (Å²) in [4.78, 5) is 0. The molecule has 0 saturated heterocycles. The lowest BCUT2D eigenvalue weighted by molar-refractivity contribution is 0.532. The maximum Gasteiger partial charge on any atom is 0.0479 e. The molecule has 3 atom stereocenters. The average molecular weight is 274 g/mol. The second-order valence-electron chi connectivity index (χ2n) is 4.08. The van der Waals surface area contributed by atoms with Gasteiger partial charge in [0.15, 0.2) is 0 Å². The molecule has 1 spiro atoms. The lowest BCUT2D eigenvalue weighted by atomic mass is 9.88. The van der Waals surface area contributed by atoms with Gasteiger partial charge in [-0.2, -0.15) is 0 Å². The number of hydrogen-bond donors (Lipinski definition) is 1. The van der Waals surface area contributed by atoms with Crippen molar-refractivity contribution in [1.82, 2.24) is 5.32 Å². The Morgan fingerprint density at radius 1 is 1.64 bits per heavy atom. The number of benzene rings is 1. The number of fused-ring (bicyclic) bond motifs is 2. The van der Waals surface area contributed by atoms with Gasteiger partial charge in [-0.3, -0.25) is 0 Å². The predicted molar refractivity (Wildman–Crippen MR) is 61.8 cm³/mol. The van der Waals surface area contributed by atoms with Crippen molar-refractivity contribution in [3.05, 3.63) is 33.8 Å². The standard InChI is InChI=1S/C11H11BrClN/c12-8-2-1-7-5-14-6-11(4-10(11)13)9(7)3-8/h1-3,10,14H,4-6H2/t10-,11+/m0/s1/i5D/t5?,10-,11+. The molecule has 1 aromatic carbocycles. The Bertz CT molecular complexity index is 425. The van der Waals surface area contributed by atoms with Gasteiger partial charge in [0.2, 0.25) is 0 Å². The highest BCUT2D eigenvalue weighted by atomic mass is 79.9. The van der Waals surface area contributed by atoms with Gasteiger partial charge >= 0.3 is 0 Å². The molecular formula is C11H11BrClN. The fourth-order valence-corrected chi connectivity index (χ4v) is 3.08.